The Kier molecular flexibility index (Phi) is 8.46. The smallest absolute Gasteiger partial charge is 0.408 e. The lowest BCUT2D eigenvalue weighted by atomic mass is 9.98. The Morgan fingerprint density at radius 2 is 2.10 bits per heavy atom. The number of rotatable bonds is 7. The standard InChI is InChI=1S/C22H36N4O4/c1-7-15(2)19(25-21(28)30-22(4,5)6)20(27)24-13-17-8-9-18(23-12-17)26-10-11-29-16(3)14-26/h8-9,12,15-16,19H,7,10-11,13-14H2,1-6H3,(H,24,27)(H,25,28)/t15-,16+,19+/m0/s1. The third-order valence-electron chi connectivity index (χ3n) is 5.01. The Bertz CT molecular complexity index is 702. The maximum Gasteiger partial charge on any atom is 0.408 e. The maximum absolute atomic E-state index is 12.7. The number of anilines is 1. The van der Waals surface area contributed by atoms with Crippen molar-refractivity contribution < 1.29 is 19.1 Å². The summed E-state index contributed by atoms with van der Waals surface area (Å²) in [6, 6.07) is 3.26. The minimum absolute atomic E-state index is 0.0265. The predicted molar refractivity (Wildman–Crippen MR) is 116 cm³/mol. The van der Waals surface area contributed by atoms with Crippen LogP contribution >= 0.6 is 0 Å². The molecular weight excluding hydrogens is 384 g/mol. The second-order valence-electron chi connectivity index (χ2n) is 8.88. The van der Waals surface area contributed by atoms with Crippen LogP contribution in [0.1, 0.15) is 53.5 Å². The highest BCUT2D eigenvalue weighted by molar-refractivity contribution is 5.85. The minimum atomic E-state index is -0.660. The third kappa shape index (κ3) is 7.48. The summed E-state index contributed by atoms with van der Waals surface area (Å²) in [5.74, 6) is 0.645. The number of ether oxygens (including phenoxy) is 2. The van der Waals surface area contributed by atoms with Crippen molar-refractivity contribution in [2.45, 2.75) is 72.3 Å². The van der Waals surface area contributed by atoms with Gasteiger partial charge in [0.1, 0.15) is 17.5 Å². The van der Waals surface area contributed by atoms with Crippen molar-refractivity contribution in [3.8, 4) is 0 Å². The van der Waals surface area contributed by atoms with E-state index < -0.39 is 17.7 Å². The predicted octanol–water partition coefficient (Wildman–Crippen LogP) is 2.86. The highest BCUT2D eigenvalue weighted by atomic mass is 16.6. The van der Waals surface area contributed by atoms with Crippen LogP contribution in [0.25, 0.3) is 0 Å². The number of morpholine rings is 1. The van der Waals surface area contributed by atoms with E-state index in [4.69, 9.17) is 9.47 Å². The molecule has 0 aromatic carbocycles. The number of carbonyl (C=O) groups is 2. The first-order valence-corrected chi connectivity index (χ1v) is 10.7. The molecule has 2 rings (SSSR count). The molecule has 2 heterocycles. The summed E-state index contributed by atoms with van der Waals surface area (Å²) in [6.45, 7) is 14.0. The quantitative estimate of drug-likeness (QED) is 0.705. The normalized spacial score (nSPS) is 19.0. The van der Waals surface area contributed by atoms with E-state index in [1.54, 1.807) is 27.0 Å². The van der Waals surface area contributed by atoms with Crippen LogP contribution in [0, 0.1) is 5.92 Å². The van der Waals surface area contributed by atoms with Gasteiger partial charge in [0.05, 0.1) is 12.7 Å². The molecule has 0 saturated carbocycles. The van der Waals surface area contributed by atoms with Crippen LogP contribution in [0.5, 0.6) is 0 Å². The van der Waals surface area contributed by atoms with Crippen LogP contribution < -0.4 is 15.5 Å². The number of hydrogen-bond donors (Lipinski definition) is 2. The number of nitrogens with one attached hydrogen (secondary N) is 2. The summed E-state index contributed by atoms with van der Waals surface area (Å²) in [5, 5.41) is 5.61. The number of nitrogens with zero attached hydrogens (tertiary/aromatic N) is 2. The molecule has 2 amide bonds. The summed E-state index contributed by atoms with van der Waals surface area (Å²) >= 11 is 0. The molecule has 0 bridgehead atoms. The van der Waals surface area contributed by atoms with Gasteiger partial charge in [-0.1, -0.05) is 26.3 Å². The fourth-order valence-corrected chi connectivity index (χ4v) is 3.17. The molecule has 0 radical (unpaired) electrons. The van der Waals surface area contributed by atoms with Gasteiger partial charge >= 0.3 is 6.09 Å². The van der Waals surface area contributed by atoms with Crippen LogP contribution in [-0.4, -0.2) is 54.4 Å². The summed E-state index contributed by atoms with van der Waals surface area (Å²) in [4.78, 5) is 31.6. The number of pyridine rings is 1. The van der Waals surface area contributed by atoms with Crippen LogP contribution in [-0.2, 0) is 20.8 Å². The van der Waals surface area contributed by atoms with E-state index in [1.165, 1.54) is 0 Å². The minimum Gasteiger partial charge on any atom is -0.444 e. The molecule has 168 valence electrons. The van der Waals surface area contributed by atoms with Crippen LogP contribution in [0.4, 0.5) is 10.6 Å². The lowest BCUT2D eigenvalue weighted by Gasteiger charge is -2.32. The van der Waals surface area contributed by atoms with Crippen molar-refractivity contribution in [2.75, 3.05) is 24.6 Å². The van der Waals surface area contributed by atoms with Crippen molar-refractivity contribution in [1.29, 1.82) is 0 Å². The number of aromatic nitrogens is 1. The molecule has 1 aliphatic heterocycles. The number of carbonyl (C=O) groups excluding carboxylic acids is 2. The summed E-state index contributed by atoms with van der Waals surface area (Å²) in [7, 11) is 0. The molecular formula is C22H36N4O4. The Labute approximate surface area is 179 Å². The molecule has 1 saturated heterocycles. The zero-order valence-electron chi connectivity index (χ0n) is 19.0. The van der Waals surface area contributed by atoms with E-state index in [2.05, 4.69) is 27.4 Å². The average Bonchev–Trinajstić information content (AvgIpc) is 2.68. The molecule has 8 nitrogen and oxygen atoms in total. The van der Waals surface area contributed by atoms with E-state index in [9.17, 15) is 9.59 Å². The molecule has 8 heteroatoms. The van der Waals surface area contributed by atoms with Crippen molar-refractivity contribution in [3.05, 3.63) is 23.9 Å². The monoisotopic (exact) mass is 420 g/mol. The number of alkyl carbamates (subject to hydrolysis) is 1. The van der Waals surface area contributed by atoms with Crippen LogP contribution in [0.15, 0.2) is 18.3 Å². The molecule has 0 spiro atoms. The molecule has 0 aliphatic carbocycles. The number of hydrogen-bond acceptors (Lipinski definition) is 6. The van der Waals surface area contributed by atoms with Gasteiger partial charge in [0.2, 0.25) is 5.91 Å². The fraction of sp³-hybridized carbons (Fsp3) is 0.682. The molecule has 0 unspecified atom stereocenters. The highest BCUT2D eigenvalue weighted by Gasteiger charge is 2.28. The van der Waals surface area contributed by atoms with Gasteiger partial charge in [0.25, 0.3) is 0 Å². The van der Waals surface area contributed by atoms with Crippen molar-refractivity contribution in [1.82, 2.24) is 15.6 Å². The van der Waals surface area contributed by atoms with Crippen LogP contribution in [0.2, 0.25) is 0 Å². The summed E-state index contributed by atoms with van der Waals surface area (Å²) in [5.41, 5.74) is 0.278. The zero-order chi connectivity index (χ0) is 22.3. The molecule has 1 aliphatic rings. The van der Waals surface area contributed by atoms with E-state index in [1.807, 2.05) is 26.0 Å². The Morgan fingerprint density at radius 1 is 1.37 bits per heavy atom. The van der Waals surface area contributed by atoms with E-state index in [-0.39, 0.29) is 17.9 Å². The topological polar surface area (TPSA) is 92.8 Å². The van der Waals surface area contributed by atoms with Crippen molar-refractivity contribution in [2.24, 2.45) is 5.92 Å². The molecule has 1 aromatic heterocycles. The van der Waals surface area contributed by atoms with Gasteiger partial charge < -0.3 is 25.0 Å². The first-order valence-electron chi connectivity index (χ1n) is 10.7. The van der Waals surface area contributed by atoms with Crippen LogP contribution in [0.3, 0.4) is 0 Å². The molecule has 1 aromatic rings. The van der Waals surface area contributed by atoms with Gasteiger partial charge in [-0.25, -0.2) is 9.78 Å². The lowest BCUT2D eigenvalue weighted by molar-refractivity contribution is -0.124. The lowest BCUT2D eigenvalue weighted by Crippen LogP contribution is -2.51. The third-order valence-corrected chi connectivity index (χ3v) is 5.01. The van der Waals surface area contributed by atoms with Gasteiger partial charge in [-0.2, -0.15) is 0 Å². The second kappa shape index (κ2) is 10.6. The average molecular weight is 421 g/mol. The van der Waals surface area contributed by atoms with Gasteiger partial charge in [0, 0.05) is 25.8 Å². The molecule has 30 heavy (non-hydrogen) atoms. The molecule has 2 N–H and O–H groups in total. The second-order valence-corrected chi connectivity index (χ2v) is 8.88. The number of amides is 2. The first kappa shape index (κ1) is 23.9. The van der Waals surface area contributed by atoms with E-state index >= 15 is 0 Å². The van der Waals surface area contributed by atoms with Crippen molar-refractivity contribution >= 4 is 17.8 Å². The molecule has 1 fully saturated rings. The Balaban J connectivity index is 1.93. The SMILES string of the molecule is CC[C@H](C)[C@@H](NC(=O)OC(C)(C)C)C(=O)NCc1ccc(N2CCO[C@H](C)C2)nc1. The van der Waals surface area contributed by atoms with Gasteiger partial charge in [0.15, 0.2) is 0 Å². The summed E-state index contributed by atoms with van der Waals surface area (Å²) in [6.07, 6.45) is 2.13. The van der Waals surface area contributed by atoms with Gasteiger partial charge in [-0.15, -0.1) is 0 Å². The summed E-state index contributed by atoms with van der Waals surface area (Å²) < 4.78 is 10.9. The van der Waals surface area contributed by atoms with Crippen molar-refractivity contribution in [3.63, 3.8) is 0 Å². The fourth-order valence-electron chi connectivity index (χ4n) is 3.17. The van der Waals surface area contributed by atoms with E-state index in [0.717, 1.165) is 30.9 Å². The Hall–Kier alpha value is -2.35. The maximum atomic E-state index is 12.7. The van der Waals surface area contributed by atoms with Gasteiger partial charge in [-0.05, 0) is 45.2 Å². The van der Waals surface area contributed by atoms with Gasteiger partial charge in [-0.3, -0.25) is 4.79 Å². The first-order chi connectivity index (χ1) is 14.1. The highest BCUT2D eigenvalue weighted by Crippen LogP contribution is 2.16. The zero-order valence-corrected chi connectivity index (χ0v) is 19.0. The largest absolute Gasteiger partial charge is 0.444 e. The Morgan fingerprint density at radius 3 is 2.67 bits per heavy atom. The van der Waals surface area contributed by atoms with E-state index in [0.29, 0.717) is 13.2 Å². The molecule has 3 atom stereocenters.